The van der Waals surface area contributed by atoms with E-state index in [0.717, 1.165) is 17.7 Å². The minimum absolute atomic E-state index is 0.179. The van der Waals surface area contributed by atoms with Crippen LogP contribution in [-0.2, 0) is 0 Å². The van der Waals surface area contributed by atoms with Crippen molar-refractivity contribution in [1.29, 1.82) is 0 Å². The van der Waals surface area contributed by atoms with Crippen LogP contribution in [0, 0.1) is 5.95 Å². The lowest BCUT2D eigenvalue weighted by Gasteiger charge is -2.10. The maximum atomic E-state index is 14.4. The van der Waals surface area contributed by atoms with E-state index in [9.17, 15) is 4.39 Å². The molecule has 0 saturated heterocycles. The molecule has 0 spiro atoms. The molecule has 0 bridgehead atoms. The van der Waals surface area contributed by atoms with Gasteiger partial charge < -0.3 is 9.47 Å². The molecule has 1 fully saturated rings. The van der Waals surface area contributed by atoms with Gasteiger partial charge in [0, 0.05) is 29.6 Å². The average molecular weight is 392 g/mol. The van der Waals surface area contributed by atoms with Crippen molar-refractivity contribution in [3.8, 4) is 23.1 Å². The first-order valence-electron chi connectivity index (χ1n) is 9.10. The molecule has 8 nitrogen and oxygen atoms in total. The Morgan fingerprint density at radius 2 is 1.97 bits per heavy atom. The van der Waals surface area contributed by atoms with Gasteiger partial charge >= 0.3 is 6.01 Å². The second-order valence-electron chi connectivity index (χ2n) is 6.78. The Morgan fingerprint density at radius 1 is 1.07 bits per heavy atom. The van der Waals surface area contributed by atoms with Crippen LogP contribution >= 0.6 is 0 Å². The largest absolute Gasteiger partial charge is 0.480 e. The molecule has 146 valence electrons. The number of rotatable bonds is 5. The molecule has 4 heterocycles. The number of methoxy groups -OCH3 is 2. The van der Waals surface area contributed by atoms with Gasteiger partial charge in [0.2, 0.25) is 11.8 Å². The summed E-state index contributed by atoms with van der Waals surface area (Å²) in [6.45, 7) is 0. The number of hydrogen-bond acceptors (Lipinski definition) is 7. The van der Waals surface area contributed by atoms with E-state index < -0.39 is 5.95 Å². The van der Waals surface area contributed by atoms with Crippen molar-refractivity contribution in [3.05, 3.63) is 60.1 Å². The van der Waals surface area contributed by atoms with Crippen LogP contribution in [-0.4, -0.2) is 43.8 Å². The summed E-state index contributed by atoms with van der Waals surface area (Å²) in [6, 6.07) is 7.96. The van der Waals surface area contributed by atoms with Crippen LogP contribution in [0.5, 0.6) is 11.9 Å². The highest BCUT2D eigenvalue weighted by atomic mass is 19.1. The molecule has 9 heteroatoms. The molecule has 4 aromatic heterocycles. The Hall–Kier alpha value is -3.62. The van der Waals surface area contributed by atoms with E-state index in [0.29, 0.717) is 22.8 Å². The predicted octanol–water partition coefficient (Wildman–Crippen LogP) is 3.01. The van der Waals surface area contributed by atoms with Crippen LogP contribution < -0.4 is 9.47 Å². The molecule has 1 aliphatic rings. The number of fused-ring (bicyclic) bond motifs is 1. The predicted molar refractivity (Wildman–Crippen MR) is 101 cm³/mol. The molecule has 0 N–H and O–H groups in total. The Morgan fingerprint density at radius 3 is 2.72 bits per heavy atom. The number of imidazole rings is 1. The highest BCUT2D eigenvalue weighted by molar-refractivity contribution is 5.68. The summed E-state index contributed by atoms with van der Waals surface area (Å²) in [5, 5.41) is 4.40. The summed E-state index contributed by atoms with van der Waals surface area (Å²) < 4.78 is 26.0. The van der Waals surface area contributed by atoms with Crippen molar-refractivity contribution < 1.29 is 13.9 Å². The fourth-order valence-corrected chi connectivity index (χ4v) is 3.61. The van der Waals surface area contributed by atoms with Gasteiger partial charge in [0.15, 0.2) is 5.65 Å². The first kappa shape index (κ1) is 17.5. The summed E-state index contributed by atoms with van der Waals surface area (Å²) in [5.74, 6) is 0.212. The van der Waals surface area contributed by atoms with Crippen LogP contribution in [0.3, 0.4) is 0 Å². The average Bonchev–Trinajstić information content (AvgIpc) is 3.49. The Labute approximate surface area is 165 Å². The summed E-state index contributed by atoms with van der Waals surface area (Å²) in [5.41, 5.74) is 3.47. The lowest BCUT2D eigenvalue weighted by Crippen LogP contribution is -2.04. The van der Waals surface area contributed by atoms with E-state index in [1.54, 1.807) is 12.4 Å². The zero-order chi connectivity index (χ0) is 20.0. The molecule has 4 aromatic rings. The van der Waals surface area contributed by atoms with E-state index in [1.807, 2.05) is 24.3 Å². The molecule has 0 unspecified atom stereocenters. The normalized spacial score (nSPS) is 18.0. The van der Waals surface area contributed by atoms with Gasteiger partial charge in [0.25, 0.3) is 0 Å². The van der Waals surface area contributed by atoms with Crippen LogP contribution in [0.1, 0.15) is 29.5 Å². The number of pyridine rings is 1. The van der Waals surface area contributed by atoms with E-state index in [-0.39, 0.29) is 17.8 Å². The lowest BCUT2D eigenvalue weighted by atomic mass is 10.1. The molecule has 1 saturated carbocycles. The zero-order valence-corrected chi connectivity index (χ0v) is 15.8. The molecule has 0 radical (unpaired) electrons. The summed E-state index contributed by atoms with van der Waals surface area (Å²) in [6.07, 6.45) is 5.43. The third-order valence-corrected chi connectivity index (χ3v) is 5.10. The Bertz CT molecular complexity index is 1200. The molecule has 0 aliphatic heterocycles. The standard InChI is InChI=1S/C20H17FN6O2/c1-28-19-14(9-24-20(25-19)29-2)16-8-13(18-23-10-17(21)27(18)26-16)11-7-12(11)15-5-3-4-6-22-15/h3-6,8-12H,7H2,1-2H3/t11-,12-/m0/s1. The number of halogens is 1. The van der Waals surface area contributed by atoms with Gasteiger partial charge in [-0.15, -0.1) is 0 Å². The SMILES string of the molecule is COc1ncc(-c2cc([C@H]3C[C@@H]3c3ccccn3)c3ncc(F)n3n2)c(OC)n1. The van der Waals surface area contributed by atoms with Crippen molar-refractivity contribution >= 4 is 5.65 Å². The van der Waals surface area contributed by atoms with Crippen molar-refractivity contribution in [2.75, 3.05) is 14.2 Å². The molecular weight excluding hydrogens is 375 g/mol. The topological polar surface area (TPSA) is 87.3 Å². The van der Waals surface area contributed by atoms with E-state index >= 15 is 0 Å². The second-order valence-corrected chi connectivity index (χ2v) is 6.78. The highest BCUT2D eigenvalue weighted by Gasteiger charge is 2.42. The quantitative estimate of drug-likeness (QED) is 0.516. The van der Waals surface area contributed by atoms with Gasteiger partial charge in [0.05, 0.1) is 31.7 Å². The first-order chi connectivity index (χ1) is 14.2. The minimum atomic E-state index is -0.536. The fourth-order valence-electron chi connectivity index (χ4n) is 3.61. The maximum absolute atomic E-state index is 14.4. The van der Waals surface area contributed by atoms with Crippen molar-refractivity contribution in [2.24, 2.45) is 0 Å². The third-order valence-electron chi connectivity index (χ3n) is 5.10. The third kappa shape index (κ3) is 2.95. The molecule has 1 aliphatic carbocycles. The maximum Gasteiger partial charge on any atom is 0.319 e. The Kier molecular flexibility index (Phi) is 4.08. The second kappa shape index (κ2) is 6.77. The molecule has 29 heavy (non-hydrogen) atoms. The van der Waals surface area contributed by atoms with Crippen LogP contribution in [0.25, 0.3) is 16.9 Å². The van der Waals surface area contributed by atoms with E-state index in [2.05, 4.69) is 25.0 Å². The van der Waals surface area contributed by atoms with Gasteiger partial charge in [0.1, 0.15) is 0 Å². The summed E-state index contributed by atoms with van der Waals surface area (Å²) in [7, 11) is 2.98. The molecule has 2 atom stereocenters. The van der Waals surface area contributed by atoms with Gasteiger partial charge in [-0.05, 0) is 30.5 Å². The van der Waals surface area contributed by atoms with Crippen LogP contribution in [0.4, 0.5) is 4.39 Å². The number of aromatic nitrogens is 6. The molecule has 0 amide bonds. The van der Waals surface area contributed by atoms with Crippen molar-refractivity contribution in [1.82, 2.24) is 29.5 Å². The highest BCUT2D eigenvalue weighted by Crippen LogP contribution is 2.55. The lowest BCUT2D eigenvalue weighted by molar-refractivity contribution is 0.353. The number of nitrogens with zero attached hydrogens (tertiary/aromatic N) is 6. The molecule has 5 rings (SSSR count). The van der Waals surface area contributed by atoms with Gasteiger partial charge in [-0.1, -0.05) is 6.07 Å². The van der Waals surface area contributed by atoms with Gasteiger partial charge in [-0.25, -0.2) is 9.97 Å². The monoisotopic (exact) mass is 392 g/mol. The van der Waals surface area contributed by atoms with Crippen LogP contribution in [0.2, 0.25) is 0 Å². The molecular formula is C20H17FN6O2. The van der Waals surface area contributed by atoms with Crippen molar-refractivity contribution in [3.63, 3.8) is 0 Å². The van der Waals surface area contributed by atoms with E-state index in [1.165, 1.54) is 24.9 Å². The fraction of sp³-hybridized carbons (Fsp3) is 0.250. The summed E-state index contributed by atoms with van der Waals surface area (Å²) >= 11 is 0. The summed E-state index contributed by atoms with van der Waals surface area (Å²) in [4.78, 5) is 17.0. The van der Waals surface area contributed by atoms with E-state index in [4.69, 9.17) is 9.47 Å². The number of hydrogen-bond donors (Lipinski definition) is 0. The smallest absolute Gasteiger partial charge is 0.319 e. The van der Waals surface area contributed by atoms with Gasteiger partial charge in [-0.2, -0.15) is 19.0 Å². The number of ether oxygens (including phenoxy) is 2. The first-order valence-corrected chi connectivity index (χ1v) is 9.10. The Balaban J connectivity index is 1.63. The molecule has 0 aromatic carbocycles. The zero-order valence-electron chi connectivity index (χ0n) is 15.8. The van der Waals surface area contributed by atoms with Gasteiger partial charge in [-0.3, -0.25) is 4.98 Å². The van der Waals surface area contributed by atoms with Crippen LogP contribution in [0.15, 0.2) is 42.9 Å². The minimum Gasteiger partial charge on any atom is -0.480 e. The van der Waals surface area contributed by atoms with Crippen molar-refractivity contribution in [2.45, 2.75) is 18.3 Å².